The Hall–Kier alpha value is -4.83. The summed E-state index contributed by atoms with van der Waals surface area (Å²) in [7, 11) is 3.18. The highest BCUT2D eigenvalue weighted by Gasteiger charge is 2.31. The molecule has 1 saturated carbocycles. The van der Waals surface area contributed by atoms with Gasteiger partial charge in [-0.05, 0) is 56.9 Å². The van der Waals surface area contributed by atoms with Crippen LogP contribution in [-0.2, 0) is 16.0 Å². The van der Waals surface area contributed by atoms with E-state index >= 15 is 0 Å². The largest absolute Gasteiger partial charge is 0.467 e. The number of nitrogens with zero attached hydrogens (tertiary/aromatic N) is 9. The SMILES string of the molecule is COCCCCC(=O)N(c1cnc(-c2cnc(OC)nc2)cn1)C1CCC(Cc2ncc(C#N)c(-c3[nH]ncc3C)n2)CC1. The summed E-state index contributed by atoms with van der Waals surface area (Å²) in [6.45, 7) is 2.55. The van der Waals surface area contributed by atoms with Crippen molar-refractivity contribution in [1.29, 1.82) is 5.26 Å². The maximum absolute atomic E-state index is 13.6. The van der Waals surface area contributed by atoms with Gasteiger partial charge in [0.2, 0.25) is 5.91 Å². The van der Waals surface area contributed by atoms with E-state index in [0.717, 1.165) is 49.8 Å². The number of hydrogen-bond acceptors (Lipinski definition) is 11. The zero-order valence-corrected chi connectivity index (χ0v) is 25.2. The molecule has 44 heavy (non-hydrogen) atoms. The summed E-state index contributed by atoms with van der Waals surface area (Å²) < 4.78 is 10.2. The summed E-state index contributed by atoms with van der Waals surface area (Å²) in [5.41, 5.74) is 3.97. The molecule has 0 aliphatic heterocycles. The number of aromatic nitrogens is 8. The molecule has 5 rings (SSSR count). The summed E-state index contributed by atoms with van der Waals surface area (Å²) in [6, 6.07) is 2.47. The molecule has 0 radical (unpaired) electrons. The van der Waals surface area contributed by atoms with Gasteiger partial charge in [-0.15, -0.1) is 0 Å². The molecule has 1 N–H and O–H groups in total. The number of aryl methyl sites for hydroxylation is 1. The van der Waals surface area contributed by atoms with E-state index in [1.165, 1.54) is 7.11 Å². The minimum absolute atomic E-state index is 0.00994. The Labute approximate surface area is 256 Å². The molecule has 13 nitrogen and oxygen atoms in total. The number of anilines is 1. The van der Waals surface area contributed by atoms with Gasteiger partial charge in [-0.25, -0.2) is 24.9 Å². The molecule has 4 aromatic heterocycles. The van der Waals surface area contributed by atoms with E-state index in [1.54, 1.807) is 44.3 Å². The zero-order valence-electron chi connectivity index (χ0n) is 25.2. The normalized spacial score (nSPS) is 16.3. The van der Waals surface area contributed by atoms with Crippen molar-refractivity contribution in [2.75, 3.05) is 25.7 Å². The van der Waals surface area contributed by atoms with Gasteiger partial charge < -0.3 is 9.47 Å². The van der Waals surface area contributed by atoms with Gasteiger partial charge in [0.15, 0.2) is 5.82 Å². The maximum Gasteiger partial charge on any atom is 0.316 e. The Bertz CT molecular complexity index is 1580. The van der Waals surface area contributed by atoms with E-state index in [2.05, 4.69) is 41.2 Å². The van der Waals surface area contributed by atoms with Crippen LogP contribution in [0.25, 0.3) is 22.6 Å². The van der Waals surface area contributed by atoms with Crippen LogP contribution in [0.15, 0.2) is 37.2 Å². The number of amides is 1. The minimum atomic E-state index is 0.00994. The van der Waals surface area contributed by atoms with Gasteiger partial charge in [-0.3, -0.25) is 19.8 Å². The molecule has 0 atom stereocenters. The summed E-state index contributed by atoms with van der Waals surface area (Å²) in [5.74, 6) is 1.64. The molecule has 4 aromatic rings. The molecular formula is C31H36N10O3. The van der Waals surface area contributed by atoms with Gasteiger partial charge in [0, 0.05) is 56.8 Å². The van der Waals surface area contributed by atoms with Gasteiger partial charge in [0.1, 0.15) is 17.6 Å². The lowest BCUT2D eigenvalue weighted by atomic mass is 9.83. The summed E-state index contributed by atoms with van der Waals surface area (Å²) in [6.07, 6.45) is 16.0. The smallest absolute Gasteiger partial charge is 0.316 e. The molecule has 0 unspecified atom stereocenters. The topological polar surface area (TPSA) is 169 Å². The van der Waals surface area contributed by atoms with Crippen molar-refractivity contribution in [3.8, 4) is 34.7 Å². The lowest BCUT2D eigenvalue weighted by Crippen LogP contribution is -2.43. The second-order valence-electron chi connectivity index (χ2n) is 10.9. The summed E-state index contributed by atoms with van der Waals surface area (Å²) in [4.78, 5) is 42.2. The van der Waals surface area contributed by atoms with Crippen LogP contribution in [0.2, 0.25) is 0 Å². The fourth-order valence-corrected chi connectivity index (χ4v) is 5.55. The Balaban J connectivity index is 1.28. The third-order valence-corrected chi connectivity index (χ3v) is 7.93. The molecule has 13 heteroatoms. The molecule has 0 bridgehead atoms. The van der Waals surface area contributed by atoms with Crippen LogP contribution in [0, 0.1) is 24.2 Å². The fourth-order valence-electron chi connectivity index (χ4n) is 5.55. The number of carbonyl (C=O) groups is 1. The van der Waals surface area contributed by atoms with Crippen molar-refractivity contribution in [3.63, 3.8) is 0 Å². The van der Waals surface area contributed by atoms with Crippen molar-refractivity contribution in [1.82, 2.24) is 40.1 Å². The van der Waals surface area contributed by atoms with E-state index in [0.29, 0.717) is 59.5 Å². The van der Waals surface area contributed by atoms with Crippen LogP contribution < -0.4 is 9.64 Å². The number of nitrogens with one attached hydrogen (secondary N) is 1. The average molecular weight is 597 g/mol. The third-order valence-electron chi connectivity index (χ3n) is 7.93. The van der Waals surface area contributed by atoms with E-state index in [9.17, 15) is 10.1 Å². The molecule has 0 spiro atoms. The van der Waals surface area contributed by atoms with Gasteiger partial charge in [-0.2, -0.15) is 10.4 Å². The fraction of sp³-hybridized carbons (Fsp3) is 0.452. The first kappa shape index (κ1) is 30.6. The number of hydrogen-bond donors (Lipinski definition) is 1. The van der Waals surface area contributed by atoms with Crippen LogP contribution in [0.4, 0.5) is 5.82 Å². The van der Waals surface area contributed by atoms with E-state index in [-0.39, 0.29) is 18.0 Å². The number of rotatable bonds is 12. The zero-order chi connectivity index (χ0) is 30.9. The number of methoxy groups -OCH3 is 2. The van der Waals surface area contributed by atoms with Gasteiger partial charge in [-0.1, -0.05) is 0 Å². The van der Waals surface area contributed by atoms with Crippen molar-refractivity contribution >= 4 is 11.7 Å². The summed E-state index contributed by atoms with van der Waals surface area (Å²) in [5, 5.41) is 16.6. The lowest BCUT2D eigenvalue weighted by Gasteiger charge is -2.36. The first-order valence-electron chi connectivity index (χ1n) is 14.8. The second-order valence-corrected chi connectivity index (χ2v) is 10.9. The number of ether oxygens (including phenoxy) is 2. The van der Waals surface area contributed by atoms with Crippen LogP contribution in [0.1, 0.15) is 61.9 Å². The average Bonchev–Trinajstić information content (AvgIpc) is 3.50. The molecule has 4 heterocycles. The highest BCUT2D eigenvalue weighted by atomic mass is 16.5. The number of aromatic amines is 1. The molecule has 1 fully saturated rings. The van der Waals surface area contributed by atoms with Crippen molar-refractivity contribution in [2.24, 2.45) is 5.92 Å². The molecule has 0 saturated heterocycles. The highest BCUT2D eigenvalue weighted by Crippen LogP contribution is 2.33. The quantitative estimate of drug-likeness (QED) is 0.232. The predicted octanol–water partition coefficient (Wildman–Crippen LogP) is 4.25. The van der Waals surface area contributed by atoms with Crippen molar-refractivity contribution < 1.29 is 14.3 Å². The Morgan fingerprint density at radius 3 is 2.43 bits per heavy atom. The molecule has 1 aliphatic carbocycles. The van der Waals surface area contributed by atoms with E-state index < -0.39 is 0 Å². The van der Waals surface area contributed by atoms with Crippen molar-refractivity contribution in [3.05, 3.63) is 54.1 Å². The Morgan fingerprint density at radius 1 is 1.00 bits per heavy atom. The van der Waals surface area contributed by atoms with E-state index in [1.807, 2.05) is 11.8 Å². The first-order valence-corrected chi connectivity index (χ1v) is 14.8. The maximum atomic E-state index is 13.6. The lowest BCUT2D eigenvalue weighted by molar-refractivity contribution is -0.119. The minimum Gasteiger partial charge on any atom is -0.467 e. The molecule has 0 aromatic carbocycles. The number of H-pyrrole nitrogens is 1. The van der Waals surface area contributed by atoms with Gasteiger partial charge >= 0.3 is 6.01 Å². The molecule has 1 amide bonds. The molecule has 228 valence electrons. The number of nitriles is 1. The summed E-state index contributed by atoms with van der Waals surface area (Å²) >= 11 is 0. The number of unbranched alkanes of at least 4 members (excludes halogenated alkanes) is 1. The van der Waals surface area contributed by atoms with Gasteiger partial charge in [0.05, 0.1) is 42.7 Å². The number of carbonyl (C=O) groups excluding carboxylic acids is 1. The molecular weight excluding hydrogens is 560 g/mol. The van der Waals surface area contributed by atoms with Crippen molar-refractivity contribution in [2.45, 2.75) is 64.3 Å². The van der Waals surface area contributed by atoms with Crippen LogP contribution in [0.3, 0.4) is 0 Å². The standard InChI is InChI=1S/C31H36N10O3/c1-20-14-38-40-29(20)30-22(13-32)15-34-26(39-30)12-21-7-9-24(10-8-21)41(28(42)6-4-5-11-43-2)27-19-33-25(18-35-27)23-16-36-31(44-3)37-17-23/h14-19,21,24H,4-12H2,1-3H3,(H,38,40). The molecule has 1 aliphatic rings. The highest BCUT2D eigenvalue weighted by molar-refractivity contribution is 5.93. The predicted molar refractivity (Wildman–Crippen MR) is 161 cm³/mol. The van der Waals surface area contributed by atoms with Crippen LogP contribution in [0.5, 0.6) is 6.01 Å². The Morgan fingerprint density at radius 2 is 1.80 bits per heavy atom. The monoisotopic (exact) mass is 596 g/mol. The Kier molecular flexibility index (Phi) is 10.1. The van der Waals surface area contributed by atoms with Gasteiger partial charge in [0.25, 0.3) is 0 Å². The second kappa shape index (κ2) is 14.6. The first-order chi connectivity index (χ1) is 21.5. The van der Waals surface area contributed by atoms with E-state index in [4.69, 9.17) is 14.5 Å². The van der Waals surface area contributed by atoms with Crippen LogP contribution in [-0.4, -0.2) is 72.9 Å². The third kappa shape index (κ3) is 7.20. The van der Waals surface area contributed by atoms with Crippen LogP contribution >= 0.6 is 0 Å².